The van der Waals surface area contributed by atoms with Crippen LogP contribution in [0.3, 0.4) is 0 Å². The van der Waals surface area contributed by atoms with E-state index >= 15 is 0 Å². The molecule has 1 unspecified atom stereocenters. The maximum Gasteiger partial charge on any atom is 0.341 e. The number of esters is 1. The van der Waals surface area contributed by atoms with Gasteiger partial charge in [0.25, 0.3) is 0 Å². The third kappa shape index (κ3) is 3.00. The van der Waals surface area contributed by atoms with Crippen molar-refractivity contribution in [2.45, 2.75) is 60.0 Å². The first kappa shape index (κ1) is 18.0. The molecule has 0 N–H and O–H groups in total. The third-order valence-corrected chi connectivity index (χ3v) is 7.91. The number of hydrogen-bond acceptors (Lipinski definition) is 5. The van der Waals surface area contributed by atoms with Gasteiger partial charge < -0.3 is 13.8 Å². The number of carbonyl (C=O) groups excluding carboxylic acids is 1. The zero-order valence-corrected chi connectivity index (χ0v) is 15.3. The fourth-order valence-electron chi connectivity index (χ4n) is 4.18. The van der Waals surface area contributed by atoms with Crippen LogP contribution in [0.2, 0.25) is 0 Å². The molecule has 2 rings (SSSR count). The number of rotatable bonds is 7. The summed E-state index contributed by atoms with van der Waals surface area (Å²) >= 11 is 0. The second-order valence-corrected chi connectivity index (χ2v) is 9.25. The molecule has 3 atom stereocenters. The van der Waals surface area contributed by atoms with Gasteiger partial charge >= 0.3 is 13.6 Å². The van der Waals surface area contributed by atoms with E-state index in [0.717, 1.165) is 12.8 Å². The molecule has 0 aromatic carbocycles. The van der Waals surface area contributed by atoms with Crippen LogP contribution >= 0.6 is 7.60 Å². The number of fused-ring (bicyclic) bond motifs is 2. The van der Waals surface area contributed by atoms with Gasteiger partial charge in [-0.25, -0.2) is 0 Å². The highest BCUT2D eigenvalue weighted by atomic mass is 31.2. The van der Waals surface area contributed by atoms with Crippen LogP contribution in [0, 0.1) is 16.7 Å². The van der Waals surface area contributed by atoms with Crippen molar-refractivity contribution in [3.05, 3.63) is 0 Å². The fraction of sp³-hybridized carbons (Fsp3) is 0.938. The highest BCUT2D eigenvalue weighted by molar-refractivity contribution is 7.54. The minimum Gasteiger partial charge on any atom is -0.461 e. The predicted octanol–water partition coefficient (Wildman–Crippen LogP) is 4.01. The Morgan fingerprint density at radius 3 is 2.18 bits per heavy atom. The molecule has 0 aliphatic heterocycles. The lowest BCUT2D eigenvalue weighted by atomic mass is 9.70. The average molecular weight is 332 g/mol. The third-order valence-electron chi connectivity index (χ3n) is 5.96. The SMILES string of the molecule is CCOP(=O)(CC(=O)O[C@@H]1CC2CC[C@@]1(C)C2(C)C)OCC. The Morgan fingerprint density at radius 1 is 1.18 bits per heavy atom. The van der Waals surface area contributed by atoms with Crippen molar-refractivity contribution in [2.75, 3.05) is 19.4 Å². The van der Waals surface area contributed by atoms with Gasteiger partial charge in [0.15, 0.2) is 0 Å². The molecular weight excluding hydrogens is 303 g/mol. The van der Waals surface area contributed by atoms with Gasteiger partial charge in [-0.2, -0.15) is 0 Å². The molecule has 2 aliphatic carbocycles. The number of carbonyl (C=O) groups is 1. The van der Waals surface area contributed by atoms with Gasteiger partial charge in [-0.1, -0.05) is 20.8 Å². The normalized spacial score (nSPS) is 33.1. The number of ether oxygens (including phenoxy) is 1. The first-order chi connectivity index (χ1) is 10.2. The van der Waals surface area contributed by atoms with Crippen molar-refractivity contribution < 1.29 is 23.1 Å². The summed E-state index contributed by atoms with van der Waals surface area (Å²) in [5, 5.41) is 0. The molecular formula is C16H29O5P. The largest absolute Gasteiger partial charge is 0.461 e. The Labute approximate surface area is 133 Å². The van der Waals surface area contributed by atoms with Crippen molar-refractivity contribution in [1.82, 2.24) is 0 Å². The number of hydrogen-bond donors (Lipinski definition) is 0. The van der Waals surface area contributed by atoms with Gasteiger partial charge in [0.05, 0.1) is 13.2 Å². The topological polar surface area (TPSA) is 61.8 Å². The summed E-state index contributed by atoms with van der Waals surface area (Å²) in [5.74, 6) is 0.126. The monoisotopic (exact) mass is 332 g/mol. The van der Waals surface area contributed by atoms with Crippen molar-refractivity contribution in [1.29, 1.82) is 0 Å². The van der Waals surface area contributed by atoms with E-state index in [-0.39, 0.29) is 36.3 Å². The molecule has 22 heavy (non-hydrogen) atoms. The minimum atomic E-state index is -3.38. The Balaban J connectivity index is 2.00. The molecule has 0 aromatic heterocycles. The quantitative estimate of drug-likeness (QED) is 0.521. The molecule has 0 spiro atoms. The fourth-order valence-corrected chi connectivity index (χ4v) is 5.62. The van der Waals surface area contributed by atoms with E-state index < -0.39 is 13.6 Å². The van der Waals surface area contributed by atoms with Crippen LogP contribution < -0.4 is 0 Å². The maximum atomic E-state index is 12.4. The second-order valence-electron chi connectivity index (χ2n) is 7.19. The Bertz CT molecular complexity index is 465. The van der Waals surface area contributed by atoms with Crippen LogP contribution in [0.4, 0.5) is 0 Å². The molecule has 128 valence electrons. The van der Waals surface area contributed by atoms with E-state index in [1.165, 1.54) is 6.42 Å². The molecule has 5 nitrogen and oxygen atoms in total. The lowest BCUT2D eigenvalue weighted by Crippen LogP contribution is -2.38. The van der Waals surface area contributed by atoms with Crippen LogP contribution in [-0.2, 0) is 23.1 Å². The van der Waals surface area contributed by atoms with E-state index in [1.807, 2.05) is 0 Å². The van der Waals surface area contributed by atoms with Crippen molar-refractivity contribution >= 4 is 13.6 Å². The molecule has 0 heterocycles. The maximum absolute atomic E-state index is 12.4. The Kier molecular flexibility index (Phi) is 5.11. The molecule has 2 fully saturated rings. The van der Waals surface area contributed by atoms with Gasteiger partial charge in [-0.15, -0.1) is 0 Å². The Morgan fingerprint density at radius 2 is 1.77 bits per heavy atom. The highest BCUT2D eigenvalue weighted by Gasteiger charge is 2.62. The highest BCUT2D eigenvalue weighted by Crippen LogP contribution is 2.66. The standard InChI is InChI=1S/C16H29O5P/c1-6-19-22(18,20-7-2)11-14(17)21-13-10-12-8-9-16(13,5)15(12,3)4/h12-13H,6-11H2,1-5H3/t12?,13-,16-/m1/s1. The van der Waals surface area contributed by atoms with Gasteiger partial charge in [0, 0.05) is 5.41 Å². The zero-order chi connectivity index (χ0) is 16.6. The minimum absolute atomic E-state index is 0.00847. The van der Waals surface area contributed by atoms with Gasteiger partial charge in [-0.05, 0) is 44.4 Å². The van der Waals surface area contributed by atoms with Crippen LogP contribution in [0.25, 0.3) is 0 Å². The van der Waals surface area contributed by atoms with Gasteiger partial charge in [-0.3, -0.25) is 9.36 Å². The van der Waals surface area contributed by atoms with E-state index in [0.29, 0.717) is 5.92 Å². The summed E-state index contributed by atoms with van der Waals surface area (Å²) in [6.07, 6.45) is 2.80. The van der Waals surface area contributed by atoms with E-state index in [4.69, 9.17) is 13.8 Å². The summed E-state index contributed by atoms with van der Waals surface area (Å²) in [7, 11) is -3.38. The lowest BCUT2D eigenvalue weighted by molar-refractivity contribution is -0.153. The van der Waals surface area contributed by atoms with Crippen LogP contribution in [0.5, 0.6) is 0 Å². The predicted molar refractivity (Wildman–Crippen MR) is 84.8 cm³/mol. The molecule has 2 aliphatic rings. The van der Waals surface area contributed by atoms with Gasteiger partial charge in [0.1, 0.15) is 12.3 Å². The van der Waals surface area contributed by atoms with Crippen molar-refractivity contribution in [3.8, 4) is 0 Å². The van der Waals surface area contributed by atoms with E-state index in [1.54, 1.807) is 13.8 Å². The zero-order valence-electron chi connectivity index (χ0n) is 14.4. The first-order valence-corrected chi connectivity index (χ1v) is 9.99. The molecule has 2 bridgehead atoms. The average Bonchev–Trinajstić information content (AvgIpc) is 2.72. The molecule has 2 saturated carbocycles. The molecule has 0 radical (unpaired) electrons. The molecule has 0 amide bonds. The lowest BCUT2D eigenvalue weighted by Gasteiger charge is -2.38. The van der Waals surface area contributed by atoms with Crippen LogP contribution in [-0.4, -0.2) is 31.4 Å². The second kappa shape index (κ2) is 6.26. The smallest absolute Gasteiger partial charge is 0.341 e. The van der Waals surface area contributed by atoms with E-state index in [9.17, 15) is 9.36 Å². The molecule has 0 saturated heterocycles. The van der Waals surface area contributed by atoms with Gasteiger partial charge in [0.2, 0.25) is 0 Å². The van der Waals surface area contributed by atoms with Crippen molar-refractivity contribution in [3.63, 3.8) is 0 Å². The summed E-state index contributed by atoms with van der Waals surface area (Å²) < 4.78 is 28.5. The molecule has 0 aromatic rings. The van der Waals surface area contributed by atoms with Crippen LogP contribution in [0.1, 0.15) is 53.9 Å². The Hall–Kier alpha value is -0.380. The van der Waals surface area contributed by atoms with E-state index in [2.05, 4.69) is 20.8 Å². The summed E-state index contributed by atoms with van der Waals surface area (Å²) in [6.45, 7) is 10.7. The van der Waals surface area contributed by atoms with Crippen LogP contribution in [0.15, 0.2) is 0 Å². The first-order valence-electron chi connectivity index (χ1n) is 8.26. The van der Waals surface area contributed by atoms with Crippen molar-refractivity contribution in [2.24, 2.45) is 16.7 Å². The summed E-state index contributed by atoms with van der Waals surface area (Å²) in [6, 6.07) is 0. The summed E-state index contributed by atoms with van der Waals surface area (Å²) in [5.41, 5.74) is 0.190. The summed E-state index contributed by atoms with van der Waals surface area (Å²) in [4.78, 5) is 12.2. The molecule has 6 heteroatoms.